The lowest BCUT2D eigenvalue weighted by molar-refractivity contribution is 0.0958. The maximum atomic E-state index is 11.7. The number of carbonyl (C=O) groups excluding carboxylic acids is 1. The molecule has 4 heteroatoms. The molecule has 0 atom stereocenters. The van der Waals surface area contributed by atoms with Gasteiger partial charge in [-0.15, -0.1) is 0 Å². The molecule has 1 amide bonds. The van der Waals surface area contributed by atoms with Crippen molar-refractivity contribution in [1.29, 1.82) is 0 Å². The summed E-state index contributed by atoms with van der Waals surface area (Å²) in [6.07, 6.45) is 3.58. The predicted octanol–water partition coefficient (Wildman–Crippen LogP) is 4.16. The summed E-state index contributed by atoms with van der Waals surface area (Å²) in [6, 6.07) is 6.82. The van der Waals surface area contributed by atoms with Gasteiger partial charge in [-0.3, -0.25) is 4.79 Å². The number of halogens is 2. The Balaban J connectivity index is 2.50. The normalized spacial score (nSPS) is 10.4. The van der Waals surface area contributed by atoms with Crippen LogP contribution in [0.15, 0.2) is 47.0 Å². The number of carbonyl (C=O) groups is 1. The molecule has 1 rings (SSSR count). The van der Waals surface area contributed by atoms with Gasteiger partial charge in [-0.05, 0) is 38.1 Å². The van der Waals surface area contributed by atoms with Crippen LogP contribution in [0.1, 0.15) is 24.2 Å². The van der Waals surface area contributed by atoms with E-state index in [9.17, 15) is 4.79 Å². The third kappa shape index (κ3) is 4.94. The van der Waals surface area contributed by atoms with Gasteiger partial charge >= 0.3 is 0 Å². The molecule has 0 fully saturated rings. The first-order chi connectivity index (χ1) is 8.50. The standard InChI is InChI=1S/C14H15Cl2NO/c1-10(2)13(16)7-4-8-17-14(18)11-5-3-6-12(15)9-11/h3-7,9H,8H2,1-2H3,(H,17,18)/b7-4+. The number of benzene rings is 1. The van der Waals surface area contributed by atoms with Gasteiger partial charge in [0.15, 0.2) is 0 Å². The Kier molecular flexibility index (Phi) is 5.96. The lowest BCUT2D eigenvalue weighted by Crippen LogP contribution is -2.23. The first kappa shape index (κ1) is 14.8. The fraction of sp³-hybridized carbons (Fsp3) is 0.214. The molecule has 0 spiro atoms. The molecule has 1 aromatic rings. The van der Waals surface area contributed by atoms with Gasteiger partial charge in [0.1, 0.15) is 0 Å². The summed E-state index contributed by atoms with van der Waals surface area (Å²) in [6.45, 7) is 4.28. The average molecular weight is 284 g/mol. The SMILES string of the molecule is CC(C)=C(Cl)/C=C/CNC(=O)c1cccc(Cl)c1. The number of rotatable bonds is 4. The van der Waals surface area contributed by atoms with Crippen LogP contribution >= 0.6 is 23.2 Å². The summed E-state index contributed by atoms with van der Waals surface area (Å²) >= 11 is 11.7. The lowest BCUT2D eigenvalue weighted by atomic mass is 10.2. The minimum Gasteiger partial charge on any atom is -0.349 e. The highest BCUT2D eigenvalue weighted by molar-refractivity contribution is 6.31. The van der Waals surface area contributed by atoms with E-state index in [4.69, 9.17) is 23.2 Å². The quantitative estimate of drug-likeness (QED) is 0.826. The number of hydrogen-bond donors (Lipinski definition) is 1. The van der Waals surface area contributed by atoms with Gasteiger partial charge in [0.25, 0.3) is 5.91 Å². The van der Waals surface area contributed by atoms with E-state index in [0.29, 0.717) is 22.2 Å². The number of nitrogens with one attached hydrogen (secondary N) is 1. The van der Waals surface area contributed by atoms with Crippen molar-refractivity contribution in [3.8, 4) is 0 Å². The van der Waals surface area contributed by atoms with Crippen molar-refractivity contribution in [2.45, 2.75) is 13.8 Å². The molecule has 0 unspecified atom stereocenters. The second kappa shape index (κ2) is 7.24. The Morgan fingerprint density at radius 3 is 2.72 bits per heavy atom. The van der Waals surface area contributed by atoms with E-state index in [1.807, 2.05) is 13.8 Å². The van der Waals surface area contributed by atoms with Gasteiger partial charge in [0.05, 0.1) is 0 Å². The van der Waals surface area contributed by atoms with E-state index in [-0.39, 0.29) is 5.91 Å². The molecule has 0 radical (unpaired) electrons. The minimum absolute atomic E-state index is 0.157. The highest BCUT2D eigenvalue weighted by Crippen LogP contribution is 2.11. The maximum Gasteiger partial charge on any atom is 0.251 e. The number of hydrogen-bond acceptors (Lipinski definition) is 1. The van der Waals surface area contributed by atoms with Crippen LogP contribution in [0.2, 0.25) is 5.02 Å². The molecular weight excluding hydrogens is 269 g/mol. The highest BCUT2D eigenvalue weighted by Gasteiger charge is 2.03. The zero-order valence-corrected chi connectivity index (χ0v) is 11.8. The first-order valence-electron chi connectivity index (χ1n) is 5.54. The molecule has 0 aliphatic carbocycles. The molecule has 1 N–H and O–H groups in total. The van der Waals surface area contributed by atoms with Crippen LogP contribution in [-0.2, 0) is 0 Å². The van der Waals surface area contributed by atoms with E-state index < -0.39 is 0 Å². The smallest absolute Gasteiger partial charge is 0.251 e. The molecule has 0 aliphatic heterocycles. The number of allylic oxidation sites excluding steroid dienone is 3. The summed E-state index contributed by atoms with van der Waals surface area (Å²) in [7, 11) is 0. The van der Waals surface area contributed by atoms with E-state index >= 15 is 0 Å². The summed E-state index contributed by atoms with van der Waals surface area (Å²) in [5.41, 5.74) is 1.58. The van der Waals surface area contributed by atoms with Crippen LogP contribution < -0.4 is 5.32 Å². The Labute approximate surface area is 117 Å². The second-order valence-corrected chi connectivity index (χ2v) is 4.81. The van der Waals surface area contributed by atoms with Gasteiger partial charge in [-0.1, -0.05) is 40.9 Å². The van der Waals surface area contributed by atoms with Gasteiger partial charge in [-0.25, -0.2) is 0 Å². The van der Waals surface area contributed by atoms with Crippen LogP contribution in [0.4, 0.5) is 0 Å². The Hall–Kier alpha value is -1.25. The predicted molar refractivity (Wildman–Crippen MR) is 77.2 cm³/mol. The summed E-state index contributed by atoms with van der Waals surface area (Å²) in [4.78, 5) is 11.7. The zero-order valence-electron chi connectivity index (χ0n) is 10.3. The van der Waals surface area contributed by atoms with Crippen LogP contribution in [0.5, 0.6) is 0 Å². The molecule has 0 aromatic heterocycles. The molecular formula is C14H15Cl2NO. The largest absolute Gasteiger partial charge is 0.349 e. The molecule has 0 saturated heterocycles. The van der Waals surface area contributed by atoms with Crippen molar-refractivity contribution < 1.29 is 4.79 Å². The van der Waals surface area contributed by atoms with Crippen LogP contribution in [0, 0.1) is 0 Å². The van der Waals surface area contributed by atoms with Gasteiger partial charge in [0, 0.05) is 22.2 Å². The molecule has 1 aromatic carbocycles. The van der Waals surface area contributed by atoms with Crippen molar-refractivity contribution >= 4 is 29.1 Å². The monoisotopic (exact) mass is 283 g/mol. The lowest BCUT2D eigenvalue weighted by Gasteiger charge is -2.02. The van der Waals surface area contributed by atoms with E-state index in [2.05, 4.69) is 5.32 Å². The minimum atomic E-state index is -0.157. The van der Waals surface area contributed by atoms with Crippen molar-refractivity contribution in [2.24, 2.45) is 0 Å². The van der Waals surface area contributed by atoms with Crippen LogP contribution in [-0.4, -0.2) is 12.5 Å². The third-order valence-electron chi connectivity index (χ3n) is 2.21. The van der Waals surface area contributed by atoms with Crippen molar-refractivity contribution in [2.75, 3.05) is 6.54 Å². The first-order valence-corrected chi connectivity index (χ1v) is 6.29. The fourth-order valence-corrected chi connectivity index (χ4v) is 1.49. The van der Waals surface area contributed by atoms with E-state index in [0.717, 1.165) is 5.57 Å². The molecule has 0 bridgehead atoms. The van der Waals surface area contributed by atoms with Gasteiger partial charge in [-0.2, -0.15) is 0 Å². The maximum absolute atomic E-state index is 11.7. The summed E-state index contributed by atoms with van der Waals surface area (Å²) in [5, 5.41) is 3.99. The molecule has 0 saturated carbocycles. The van der Waals surface area contributed by atoms with Gasteiger partial charge in [0.2, 0.25) is 0 Å². The fourth-order valence-electron chi connectivity index (χ4n) is 1.21. The Bertz CT molecular complexity index is 488. The van der Waals surface area contributed by atoms with Crippen molar-refractivity contribution in [3.63, 3.8) is 0 Å². The molecule has 96 valence electrons. The molecule has 18 heavy (non-hydrogen) atoms. The zero-order chi connectivity index (χ0) is 13.5. The third-order valence-corrected chi connectivity index (χ3v) is 2.95. The Morgan fingerprint density at radius 2 is 2.11 bits per heavy atom. The van der Waals surface area contributed by atoms with E-state index in [1.165, 1.54) is 0 Å². The van der Waals surface area contributed by atoms with Crippen LogP contribution in [0.3, 0.4) is 0 Å². The van der Waals surface area contributed by atoms with Crippen molar-refractivity contribution in [3.05, 3.63) is 57.6 Å². The topological polar surface area (TPSA) is 29.1 Å². The highest BCUT2D eigenvalue weighted by atomic mass is 35.5. The number of amides is 1. The molecule has 2 nitrogen and oxygen atoms in total. The van der Waals surface area contributed by atoms with Crippen LogP contribution in [0.25, 0.3) is 0 Å². The van der Waals surface area contributed by atoms with Crippen molar-refractivity contribution in [1.82, 2.24) is 5.32 Å². The second-order valence-electron chi connectivity index (χ2n) is 3.97. The molecule has 0 heterocycles. The Morgan fingerprint density at radius 1 is 1.39 bits per heavy atom. The molecule has 0 aliphatic rings. The summed E-state index contributed by atoms with van der Waals surface area (Å²) < 4.78 is 0. The summed E-state index contributed by atoms with van der Waals surface area (Å²) in [5.74, 6) is -0.157. The van der Waals surface area contributed by atoms with Gasteiger partial charge < -0.3 is 5.32 Å². The average Bonchev–Trinajstić information content (AvgIpc) is 2.33. The van der Waals surface area contributed by atoms with E-state index in [1.54, 1.807) is 36.4 Å².